The summed E-state index contributed by atoms with van der Waals surface area (Å²) >= 11 is 0. The van der Waals surface area contributed by atoms with Crippen molar-refractivity contribution in [3.63, 3.8) is 0 Å². The van der Waals surface area contributed by atoms with Gasteiger partial charge >= 0.3 is 0 Å². The molecular weight excluding hydrogens is 178 g/mol. The van der Waals surface area contributed by atoms with Crippen LogP contribution in [0.5, 0.6) is 0 Å². The van der Waals surface area contributed by atoms with E-state index in [0.717, 1.165) is 25.4 Å². The van der Waals surface area contributed by atoms with Gasteiger partial charge in [-0.3, -0.25) is 4.68 Å². The molecule has 0 saturated carbocycles. The van der Waals surface area contributed by atoms with Crippen molar-refractivity contribution in [1.29, 1.82) is 0 Å². The molecule has 78 valence electrons. The van der Waals surface area contributed by atoms with Crippen LogP contribution in [-0.4, -0.2) is 29.0 Å². The molecule has 0 aliphatic carbocycles. The van der Waals surface area contributed by atoms with Crippen LogP contribution in [0, 0.1) is 0 Å². The number of nitrogens with zero attached hydrogens (tertiary/aromatic N) is 2. The van der Waals surface area contributed by atoms with Crippen molar-refractivity contribution in [1.82, 2.24) is 15.1 Å². The first-order valence-electron chi connectivity index (χ1n) is 5.15. The first kappa shape index (κ1) is 9.68. The molecule has 1 saturated heterocycles. The van der Waals surface area contributed by atoms with Gasteiger partial charge in [0.1, 0.15) is 0 Å². The van der Waals surface area contributed by atoms with Gasteiger partial charge in [-0.25, -0.2) is 0 Å². The van der Waals surface area contributed by atoms with Gasteiger partial charge in [0.15, 0.2) is 0 Å². The molecule has 1 aliphatic heterocycles. The molecule has 0 spiro atoms. The van der Waals surface area contributed by atoms with Gasteiger partial charge in [0.05, 0.1) is 11.8 Å². The fourth-order valence-corrected chi connectivity index (χ4v) is 1.72. The highest BCUT2D eigenvalue weighted by Gasteiger charge is 2.14. The average Bonchev–Trinajstić information content (AvgIpc) is 2.77. The van der Waals surface area contributed by atoms with Crippen LogP contribution in [0.15, 0.2) is 12.3 Å². The van der Waals surface area contributed by atoms with Gasteiger partial charge in [-0.1, -0.05) is 0 Å². The maximum absolute atomic E-state index is 5.51. The number of rotatable bonds is 4. The maximum atomic E-state index is 5.51. The molecule has 1 aliphatic rings. The van der Waals surface area contributed by atoms with Crippen molar-refractivity contribution in [2.45, 2.75) is 25.5 Å². The second-order valence-corrected chi connectivity index (χ2v) is 3.75. The molecule has 4 heteroatoms. The Bertz CT molecular complexity index is 279. The van der Waals surface area contributed by atoms with Crippen LogP contribution in [0.25, 0.3) is 0 Å². The SMILES string of the molecule is Cn1ccc(CNCC2CCCO2)n1. The summed E-state index contributed by atoms with van der Waals surface area (Å²) in [5, 5.41) is 7.64. The summed E-state index contributed by atoms with van der Waals surface area (Å²) in [4.78, 5) is 0. The van der Waals surface area contributed by atoms with Crippen molar-refractivity contribution in [2.75, 3.05) is 13.2 Å². The van der Waals surface area contributed by atoms with E-state index < -0.39 is 0 Å². The Morgan fingerprint density at radius 2 is 2.64 bits per heavy atom. The topological polar surface area (TPSA) is 39.1 Å². The first-order valence-corrected chi connectivity index (χ1v) is 5.15. The largest absolute Gasteiger partial charge is 0.377 e. The third kappa shape index (κ3) is 2.56. The van der Waals surface area contributed by atoms with Crippen molar-refractivity contribution in [3.8, 4) is 0 Å². The Kier molecular flexibility index (Phi) is 3.16. The molecule has 14 heavy (non-hydrogen) atoms. The van der Waals surface area contributed by atoms with Gasteiger partial charge in [0.2, 0.25) is 0 Å². The van der Waals surface area contributed by atoms with Crippen molar-refractivity contribution < 1.29 is 4.74 Å². The number of hydrogen-bond donors (Lipinski definition) is 1. The standard InChI is InChI=1S/C10H17N3O/c1-13-5-4-9(12-13)7-11-8-10-3-2-6-14-10/h4-5,10-11H,2-3,6-8H2,1H3. The molecule has 0 bridgehead atoms. The molecule has 1 atom stereocenters. The molecule has 2 rings (SSSR count). The van der Waals surface area contributed by atoms with Crippen LogP contribution >= 0.6 is 0 Å². The molecule has 1 N–H and O–H groups in total. The second kappa shape index (κ2) is 4.57. The molecule has 2 heterocycles. The molecular formula is C10H17N3O. The van der Waals surface area contributed by atoms with E-state index in [-0.39, 0.29) is 0 Å². The van der Waals surface area contributed by atoms with Crippen molar-refractivity contribution in [3.05, 3.63) is 18.0 Å². The lowest BCUT2D eigenvalue weighted by Gasteiger charge is -2.09. The van der Waals surface area contributed by atoms with Gasteiger partial charge in [-0.15, -0.1) is 0 Å². The van der Waals surface area contributed by atoms with Crippen LogP contribution in [0.4, 0.5) is 0 Å². The van der Waals surface area contributed by atoms with Crippen LogP contribution in [0.3, 0.4) is 0 Å². The van der Waals surface area contributed by atoms with E-state index >= 15 is 0 Å². The minimum atomic E-state index is 0.415. The van der Waals surface area contributed by atoms with Gasteiger partial charge in [-0.2, -0.15) is 5.10 Å². The van der Waals surface area contributed by atoms with Crippen LogP contribution in [-0.2, 0) is 18.3 Å². The molecule has 1 fully saturated rings. The maximum Gasteiger partial charge on any atom is 0.0762 e. The monoisotopic (exact) mass is 195 g/mol. The predicted octanol–water partition coefficient (Wildman–Crippen LogP) is 0.689. The zero-order chi connectivity index (χ0) is 9.80. The highest BCUT2D eigenvalue weighted by molar-refractivity contribution is 4.97. The van der Waals surface area contributed by atoms with E-state index in [0.29, 0.717) is 6.10 Å². The smallest absolute Gasteiger partial charge is 0.0762 e. The van der Waals surface area contributed by atoms with Crippen molar-refractivity contribution in [2.24, 2.45) is 7.05 Å². The molecule has 0 amide bonds. The van der Waals surface area contributed by atoms with Gasteiger partial charge in [-0.05, 0) is 18.9 Å². The summed E-state index contributed by atoms with van der Waals surface area (Å²) in [6.07, 6.45) is 4.77. The van der Waals surface area contributed by atoms with Gasteiger partial charge < -0.3 is 10.1 Å². The summed E-state index contributed by atoms with van der Waals surface area (Å²) in [6, 6.07) is 2.03. The number of nitrogens with one attached hydrogen (secondary N) is 1. The number of hydrogen-bond acceptors (Lipinski definition) is 3. The third-order valence-corrected chi connectivity index (χ3v) is 2.47. The van der Waals surface area contributed by atoms with E-state index in [1.807, 2.05) is 24.0 Å². The summed E-state index contributed by atoms with van der Waals surface area (Å²) in [6.45, 7) is 2.70. The Labute approximate surface area is 84.3 Å². The Balaban J connectivity index is 1.67. The quantitative estimate of drug-likeness (QED) is 0.768. The van der Waals surface area contributed by atoms with E-state index in [2.05, 4.69) is 10.4 Å². The third-order valence-electron chi connectivity index (χ3n) is 2.47. The Hall–Kier alpha value is -0.870. The fraction of sp³-hybridized carbons (Fsp3) is 0.700. The second-order valence-electron chi connectivity index (χ2n) is 3.75. The van der Waals surface area contributed by atoms with Crippen LogP contribution in [0.2, 0.25) is 0 Å². The normalized spacial score (nSPS) is 21.6. The fourth-order valence-electron chi connectivity index (χ4n) is 1.72. The lowest BCUT2D eigenvalue weighted by atomic mass is 10.2. The highest BCUT2D eigenvalue weighted by atomic mass is 16.5. The van der Waals surface area contributed by atoms with E-state index in [9.17, 15) is 0 Å². The molecule has 1 aromatic rings. The number of aryl methyl sites for hydroxylation is 1. The summed E-state index contributed by atoms with van der Waals surface area (Å²) in [5.74, 6) is 0. The zero-order valence-electron chi connectivity index (χ0n) is 8.57. The van der Waals surface area contributed by atoms with Crippen LogP contribution in [0.1, 0.15) is 18.5 Å². The average molecular weight is 195 g/mol. The minimum Gasteiger partial charge on any atom is -0.377 e. The lowest BCUT2D eigenvalue weighted by molar-refractivity contribution is 0.110. The molecule has 1 aromatic heterocycles. The lowest BCUT2D eigenvalue weighted by Crippen LogP contribution is -2.25. The highest BCUT2D eigenvalue weighted by Crippen LogP contribution is 2.10. The Morgan fingerprint density at radius 3 is 3.29 bits per heavy atom. The van der Waals surface area contributed by atoms with Gasteiger partial charge in [0, 0.05) is 32.9 Å². The van der Waals surface area contributed by atoms with Crippen LogP contribution < -0.4 is 5.32 Å². The van der Waals surface area contributed by atoms with E-state index in [4.69, 9.17) is 4.74 Å². The predicted molar refractivity (Wildman–Crippen MR) is 53.9 cm³/mol. The number of aromatic nitrogens is 2. The van der Waals surface area contributed by atoms with E-state index in [1.54, 1.807) is 0 Å². The molecule has 4 nitrogen and oxygen atoms in total. The molecule has 1 unspecified atom stereocenters. The Morgan fingerprint density at radius 1 is 1.71 bits per heavy atom. The minimum absolute atomic E-state index is 0.415. The zero-order valence-corrected chi connectivity index (χ0v) is 8.57. The van der Waals surface area contributed by atoms with E-state index in [1.165, 1.54) is 12.8 Å². The first-order chi connectivity index (χ1) is 6.84. The summed E-state index contributed by atoms with van der Waals surface area (Å²) in [5.41, 5.74) is 1.09. The summed E-state index contributed by atoms with van der Waals surface area (Å²) < 4.78 is 7.33. The summed E-state index contributed by atoms with van der Waals surface area (Å²) in [7, 11) is 1.93. The molecule has 0 aromatic carbocycles. The van der Waals surface area contributed by atoms with Crippen molar-refractivity contribution >= 4 is 0 Å². The number of ether oxygens (including phenoxy) is 1. The molecule has 0 radical (unpaired) electrons. The van der Waals surface area contributed by atoms with Gasteiger partial charge in [0.25, 0.3) is 0 Å².